The van der Waals surface area contributed by atoms with Gasteiger partial charge in [-0.25, -0.2) is 0 Å². The molecule has 2 heterocycles. The van der Waals surface area contributed by atoms with Gasteiger partial charge in [0.05, 0.1) is 5.69 Å². The topological polar surface area (TPSA) is 9.72 Å². The van der Waals surface area contributed by atoms with E-state index in [2.05, 4.69) is 345 Å². The molecule has 91 heavy (non-hydrogen) atoms. The molecule has 0 atom stereocenters. The van der Waals surface area contributed by atoms with Crippen LogP contribution in [0.15, 0.2) is 206 Å². The summed E-state index contributed by atoms with van der Waals surface area (Å²) < 4.78 is 0. The van der Waals surface area contributed by atoms with Gasteiger partial charge in [0.25, 0.3) is 0 Å². The Bertz CT molecular complexity index is 4440. The summed E-state index contributed by atoms with van der Waals surface area (Å²) in [5.41, 5.74) is 32.7. The summed E-state index contributed by atoms with van der Waals surface area (Å²) in [6, 6.07) is 80.9. The van der Waals surface area contributed by atoms with E-state index in [1.165, 1.54) is 123 Å². The normalized spacial score (nSPS) is 15.9. The third-order valence-corrected chi connectivity index (χ3v) is 21.3. The van der Waals surface area contributed by atoms with Crippen LogP contribution in [0, 0.1) is 0 Å². The van der Waals surface area contributed by atoms with Crippen LogP contribution in [-0.4, -0.2) is 6.85 Å². The van der Waals surface area contributed by atoms with E-state index in [4.69, 9.17) is 0 Å². The van der Waals surface area contributed by atoms with Crippen molar-refractivity contribution in [3.8, 4) is 44.5 Å². The van der Waals surface area contributed by atoms with E-state index in [9.17, 15) is 0 Å². The largest absolute Gasteiger partial charge is 0.376 e. The highest BCUT2D eigenvalue weighted by Gasteiger charge is 2.50. The smallest absolute Gasteiger partial charge is 0.333 e. The summed E-state index contributed by atoms with van der Waals surface area (Å²) in [7, 11) is 0. The number of benzene rings is 10. The van der Waals surface area contributed by atoms with Gasteiger partial charge < -0.3 is 14.6 Å². The molecule has 0 radical (unpaired) electrons. The standard InChI is InChI=1S/C87H92BN3/c1-81(2,3)58-29-36-62(37-30-58)89(63-38-31-59(32-39-63)82(4,5)6)65-42-45-74-76(52-65)90(75-46-35-61(84(10,11)12)51-67(75)56-27-23-20-24-28-56)77-50-57(55-25-21-19-22-26-55)49-68-66-43-44-70-78(80(66)91(88(74)79(68)77)64-40-33-60(34-41-64)83(7,8)9)69-53-72-73(54-71(69)87(70,17)18)86(15,16)48-47-85(72,13)14/h19-46,49-54H,47-48H2,1-18H3. The molecule has 2 aliphatic carbocycles. The lowest BCUT2D eigenvalue weighted by Crippen LogP contribution is -2.61. The summed E-state index contributed by atoms with van der Waals surface area (Å²) in [5.74, 6) is 0. The van der Waals surface area contributed by atoms with E-state index in [1.54, 1.807) is 0 Å². The Morgan fingerprint density at radius 3 is 1.42 bits per heavy atom. The number of fused-ring (bicyclic) bond motifs is 9. The highest BCUT2D eigenvalue weighted by Crippen LogP contribution is 2.61. The molecular formula is C87H92BN3. The molecular weight excluding hydrogens is 1100 g/mol. The molecule has 10 aromatic carbocycles. The van der Waals surface area contributed by atoms with E-state index in [0.29, 0.717) is 0 Å². The number of anilines is 8. The maximum absolute atomic E-state index is 2.80. The van der Waals surface area contributed by atoms with Gasteiger partial charge in [0.15, 0.2) is 0 Å². The third kappa shape index (κ3) is 10.00. The van der Waals surface area contributed by atoms with Crippen LogP contribution >= 0.6 is 0 Å². The van der Waals surface area contributed by atoms with Crippen molar-refractivity contribution in [1.29, 1.82) is 0 Å². The molecule has 0 bridgehead atoms. The van der Waals surface area contributed by atoms with Gasteiger partial charge in [-0.15, -0.1) is 0 Å². The maximum atomic E-state index is 2.80. The van der Waals surface area contributed by atoms with Crippen molar-refractivity contribution in [2.75, 3.05) is 14.6 Å². The molecule has 4 heteroatoms. The van der Waals surface area contributed by atoms with Crippen LogP contribution in [0.4, 0.5) is 45.5 Å². The van der Waals surface area contributed by atoms with Crippen LogP contribution in [0.1, 0.15) is 182 Å². The zero-order chi connectivity index (χ0) is 64.3. The SMILES string of the molecule is CC(C)(C)c1ccc(N2B3c4ccc(N(c5ccc(C(C)(C)C)cc5)c5ccc(C(C)(C)C)cc5)cc4N(c4ccc(C(C)(C)C)cc4-c4ccccc4)c4cc(-c5ccccc5)cc(c43)-c3ccc4c(c32)-c2cc3c(cc2C4(C)C)C(C)(C)CCC3(C)C)cc1. The van der Waals surface area contributed by atoms with Gasteiger partial charge in [-0.2, -0.15) is 0 Å². The van der Waals surface area contributed by atoms with Crippen LogP contribution in [0.3, 0.4) is 0 Å². The van der Waals surface area contributed by atoms with Gasteiger partial charge >= 0.3 is 6.85 Å². The quantitative estimate of drug-likeness (QED) is 0.147. The van der Waals surface area contributed by atoms with Crippen molar-refractivity contribution in [2.45, 2.75) is 175 Å². The Morgan fingerprint density at radius 1 is 0.363 bits per heavy atom. The molecule has 458 valence electrons. The minimum Gasteiger partial charge on any atom is -0.376 e. The lowest BCUT2D eigenvalue weighted by Gasteiger charge is -2.47. The predicted octanol–water partition coefficient (Wildman–Crippen LogP) is 23.0. The van der Waals surface area contributed by atoms with Crippen molar-refractivity contribution in [1.82, 2.24) is 0 Å². The summed E-state index contributed by atoms with van der Waals surface area (Å²) in [4.78, 5) is 7.97. The first-order chi connectivity index (χ1) is 42.9. The average molecular weight is 1190 g/mol. The molecule has 2 aliphatic heterocycles. The molecule has 0 aromatic heterocycles. The maximum Gasteiger partial charge on any atom is 0.333 e. The highest BCUT2D eigenvalue weighted by molar-refractivity contribution is 6.93. The van der Waals surface area contributed by atoms with Gasteiger partial charge in [-0.3, -0.25) is 0 Å². The summed E-state index contributed by atoms with van der Waals surface area (Å²) in [6.07, 6.45) is 2.33. The summed E-state index contributed by atoms with van der Waals surface area (Å²) in [6.45, 7) is 42.6. The second kappa shape index (κ2) is 20.8. The Morgan fingerprint density at radius 2 is 0.868 bits per heavy atom. The fraction of sp³-hybridized carbons (Fsp3) is 0.310. The van der Waals surface area contributed by atoms with Crippen LogP contribution in [-0.2, 0) is 37.9 Å². The van der Waals surface area contributed by atoms with Crippen LogP contribution < -0.4 is 25.5 Å². The number of hydrogen-bond acceptors (Lipinski definition) is 3. The molecule has 0 saturated carbocycles. The van der Waals surface area contributed by atoms with Gasteiger partial charge in [0, 0.05) is 61.9 Å². The van der Waals surface area contributed by atoms with Crippen LogP contribution in [0.25, 0.3) is 44.5 Å². The van der Waals surface area contributed by atoms with Crippen LogP contribution in [0.2, 0.25) is 0 Å². The minimum atomic E-state index is -0.256. The number of rotatable bonds is 7. The second-order valence-electron chi connectivity index (χ2n) is 33.0. The molecule has 0 fully saturated rings. The lowest BCUT2D eigenvalue weighted by atomic mass is 9.43. The van der Waals surface area contributed by atoms with E-state index in [1.807, 2.05) is 0 Å². The predicted molar refractivity (Wildman–Crippen MR) is 393 cm³/mol. The fourth-order valence-corrected chi connectivity index (χ4v) is 15.6. The number of hydrogen-bond donors (Lipinski definition) is 0. The molecule has 0 N–H and O–H groups in total. The third-order valence-electron chi connectivity index (χ3n) is 21.3. The summed E-state index contributed by atoms with van der Waals surface area (Å²) in [5, 5.41) is 0. The van der Waals surface area contributed by atoms with E-state index in [0.717, 1.165) is 34.9 Å². The molecule has 3 nitrogen and oxygen atoms in total. The molecule has 0 unspecified atom stereocenters. The molecule has 0 amide bonds. The zero-order valence-electron chi connectivity index (χ0n) is 57.5. The molecule has 0 saturated heterocycles. The van der Waals surface area contributed by atoms with Gasteiger partial charge in [-0.05, 0) is 207 Å². The molecule has 4 aliphatic rings. The Labute approximate surface area is 545 Å². The zero-order valence-corrected chi connectivity index (χ0v) is 57.5. The second-order valence-corrected chi connectivity index (χ2v) is 33.0. The number of nitrogens with zero attached hydrogens (tertiary/aromatic N) is 3. The van der Waals surface area contributed by atoms with Crippen molar-refractivity contribution < 1.29 is 0 Å². The molecule has 0 spiro atoms. The van der Waals surface area contributed by atoms with Crippen molar-refractivity contribution in [3.05, 3.63) is 251 Å². The van der Waals surface area contributed by atoms with Gasteiger partial charge in [0.1, 0.15) is 0 Å². The first-order valence-corrected chi connectivity index (χ1v) is 33.6. The fourth-order valence-electron chi connectivity index (χ4n) is 15.6. The lowest BCUT2D eigenvalue weighted by molar-refractivity contribution is 0.331. The first kappa shape index (κ1) is 60.2. The highest BCUT2D eigenvalue weighted by atomic mass is 15.2. The van der Waals surface area contributed by atoms with Gasteiger partial charge in [0.2, 0.25) is 0 Å². The Kier molecular flexibility index (Phi) is 13.8. The van der Waals surface area contributed by atoms with Crippen molar-refractivity contribution in [2.24, 2.45) is 0 Å². The van der Waals surface area contributed by atoms with Crippen molar-refractivity contribution >= 4 is 63.3 Å². The van der Waals surface area contributed by atoms with E-state index in [-0.39, 0.29) is 44.8 Å². The van der Waals surface area contributed by atoms with E-state index < -0.39 is 0 Å². The molecule has 14 rings (SSSR count). The average Bonchev–Trinajstić information content (AvgIpc) is 1.67. The molecule has 10 aromatic rings. The Balaban J connectivity index is 1.13. The first-order valence-electron chi connectivity index (χ1n) is 33.6. The van der Waals surface area contributed by atoms with Gasteiger partial charge in [-0.1, -0.05) is 252 Å². The van der Waals surface area contributed by atoms with E-state index >= 15 is 0 Å². The Hall–Kier alpha value is -8.34. The van der Waals surface area contributed by atoms with Crippen LogP contribution in [0.5, 0.6) is 0 Å². The minimum absolute atomic E-state index is 0.00368. The van der Waals surface area contributed by atoms with Crippen molar-refractivity contribution in [3.63, 3.8) is 0 Å². The monoisotopic (exact) mass is 1190 g/mol. The summed E-state index contributed by atoms with van der Waals surface area (Å²) >= 11 is 0.